The number of amides is 1. The molecule has 0 radical (unpaired) electrons. The van der Waals surface area contributed by atoms with Crippen LogP contribution in [0.15, 0.2) is 0 Å². The van der Waals surface area contributed by atoms with Crippen LogP contribution in [0.1, 0.15) is 46.5 Å². The first-order chi connectivity index (χ1) is 7.97. The van der Waals surface area contributed by atoms with Gasteiger partial charge in [-0.3, -0.25) is 9.59 Å². The van der Waals surface area contributed by atoms with E-state index in [2.05, 4.69) is 19.2 Å². The highest BCUT2D eigenvalue weighted by atomic mass is 16.4. The third-order valence-electron chi connectivity index (χ3n) is 4.04. The third-order valence-corrected chi connectivity index (χ3v) is 4.04. The van der Waals surface area contributed by atoms with Gasteiger partial charge in [-0.1, -0.05) is 26.7 Å². The number of aliphatic carboxylic acids is 1. The van der Waals surface area contributed by atoms with Crippen molar-refractivity contribution < 1.29 is 14.7 Å². The maximum atomic E-state index is 12.0. The normalized spacial score (nSPS) is 27.5. The summed E-state index contributed by atoms with van der Waals surface area (Å²) in [5.74, 6) is -1.32. The fraction of sp³-hybridized carbons (Fsp3) is 0.846. The Morgan fingerprint density at radius 2 is 1.88 bits per heavy atom. The van der Waals surface area contributed by atoms with Crippen LogP contribution in [-0.2, 0) is 9.59 Å². The Hall–Kier alpha value is -1.06. The second kappa shape index (κ2) is 6.03. The number of hydrogen-bond acceptors (Lipinski definition) is 2. The van der Waals surface area contributed by atoms with E-state index in [9.17, 15) is 9.59 Å². The van der Waals surface area contributed by atoms with Crippen LogP contribution in [0.2, 0.25) is 0 Å². The zero-order chi connectivity index (χ0) is 13.0. The van der Waals surface area contributed by atoms with Crippen molar-refractivity contribution in [2.24, 2.45) is 17.8 Å². The Balaban J connectivity index is 2.55. The highest BCUT2D eigenvalue weighted by Crippen LogP contribution is 2.32. The molecule has 1 fully saturated rings. The van der Waals surface area contributed by atoms with E-state index < -0.39 is 11.9 Å². The van der Waals surface area contributed by atoms with E-state index in [0.29, 0.717) is 18.8 Å². The molecule has 2 N–H and O–H groups in total. The van der Waals surface area contributed by atoms with Crippen LogP contribution in [-0.4, -0.2) is 23.0 Å². The minimum Gasteiger partial charge on any atom is -0.481 e. The Labute approximate surface area is 103 Å². The molecule has 2 unspecified atom stereocenters. The number of carbonyl (C=O) groups is 2. The van der Waals surface area contributed by atoms with E-state index in [4.69, 9.17) is 5.11 Å². The van der Waals surface area contributed by atoms with Crippen molar-refractivity contribution >= 4 is 11.9 Å². The molecule has 1 aliphatic rings. The van der Waals surface area contributed by atoms with E-state index in [1.165, 1.54) is 0 Å². The molecular weight excluding hydrogens is 218 g/mol. The molecule has 1 aliphatic carbocycles. The second-order valence-corrected chi connectivity index (χ2v) is 5.16. The van der Waals surface area contributed by atoms with Gasteiger partial charge < -0.3 is 10.4 Å². The van der Waals surface area contributed by atoms with Crippen molar-refractivity contribution in [2.75, 3.05) is 0 Å². The van der Waals surface area contributed by atoms with E-state index in [1.54, 1.807) is 0 Å². The summed E-state index contributed by atoms with van der Waals surface area (Å²) in [4.78, 5) is 23.0. The van der Waals surface area contributed by atoms with Crippen LogP contribution in [0, 0.1) is 17.8 Å². The monoisotopic (exact) mass is 241 g/mol. The van der Waals surface area contributed by atoms with Crippen molar-refractivity contribution in [3.63, 3.8) is 0 Å². The summed E-state index contributed by atoms with van der Waals surface area (Å²) in [6, 6.07) is 0.113. The Morgan fingerprint density at radius 1 is 1.29 bits per heavy atom. The lowest BCUT2D eigenvalue weighted by Crippen LogP contribution is -2.42. The average molecular weight is 241 g/mol. The van der Waals surface area contributed by atoms with Crippen molar-refractivity contribution in [2.45, 2.75) is 52.5 Å². The molecule has 0 heterocycles. The van der Waals surface area contributed by atoms with Gasteiger partial charge in [0.2, 0.25) is 5.91 Å². The van der Waals surface area contributed by atoms with Crippen LogP contribution in [0.25, 0.3) is 0 Å². The van der Waals surface area contributed by atoms with E-state index in [-0.39, 0.29) is 17.9 Å². The molecule has 0 aromatic rings. The SMILES string of the molecule is CCC(C)C(C)NC(=O)[C@@H]1CCC[C@@H]1C(=O)O. The van der Waals surface area contributed by atoms with Gasteiger partial charge in [-0.2, -0.15) is 0 Å². The molecule has 4 atom stereocenters. The summed E-state index contributed by atoms with van der Waals surface area (Å²) < 4.78 is 0. The zero-order valence-corrected chi connectivity index (χ0v) is 10.9. The van der Waals surface area contributed by atoms with Crippen molar-refractivity contribution in [3.8, 4) is 0 Å². The van der Waals surface area contributed by atoms with Crippen LogP contribution in [0.3, 0.4) is 0 Å². The predicted molar refractivity (Wildman–Crippen MR) is 65.5 cm³/mol. The van der Waals surface area contributed by atoms with Crippen LogP contribution in [0.4, 0.5) is 0 Å². The van der Waals surface area contributed by atoms with Crippen molar-refractivity contribution in [1.82, 2.24) is 5.32 Å². The summed E-state index contributed by atoms with van der Waals surface area (Å²) in [5, 5.41) is 12.0. The van der Waals surface area contributed by atoms with Crippen molar-refractivity contribution in [1.29, 1.82) is 0 Å². The molecule has 1 rings (SSSR count). The van der Waals surface area contributed by atoms with Gasteiger partial charge in [0.15, 0.2) is 0 Å². The number of carboxylic acid groups (broad SMARTS) is 1. The maximum absolute atomic E-state index is 12.0. The first kappa shape index (κ1) is 14.0. The first-order valence-electron chi connectivity index (χ1n) is 6.50. The Bertz CT molecular complexity index is 290. The molecular formula is C13H23NO3. The number of carbonyl (C=O) groups excluding carboxylic acids is 1. The number of rotatable bonds is 5. The summed E-state index contributed by atoms with van der Waals surface area (Å²) in [6.07, 6.45) is 3.18. The minimum atomic E-state index is -0.834. The summed E-state index contributed by atoms with van der Waals surface area (Å²) >= 11 is 0. The summed E-state index contributed by atoms with van der Waals surface area (Å²) in [6.45, 7) is 6.16. The van der Waals surface area contributed by atoms with Gasteiger partial charge in [0, 0.05) is 6.04 Å². The molecule has 0 spiro atoms. The van der Waals surface area contributed by atoms with Crippen LogP contribution < -0.4 is 5.32 Å². The van der Waals surface area contributed by atoms with Gasteiger partial charge in [-0.15, -0.1) is 0 Å². The molecule has 4 nitrogen and oxygen atoms in total. The standard InChI is InChI=1S/C13H23NO3/c1-4-8(2)9(3)14-12(15)10-6-5-7-11(10)13(16)17/h8-11H,4-7H2,1-3H3,(H,14,15)(H,16,17)/t8?,9?,10-,11+/m1/s1. The van der Waals surface area contributed by atoms with Crippen LogP contribution in [0.5, 0.6) is 0 Å². The van der Waals surface area contributed by atoms with Gasteiger partial charge >= 0.3 is 5.97 Å². The van der Waals surface area contributed by atoms with Gasteiger partial charge in [0.05, 0.1) is 11.8 Å². The van der Waals surface area contributed by atoms with E-state index in [0.717, 1.165) is 12.8 Å². The highest BCUT2D eigenvalue weighted by molar-refractivity contribution is 5.85. The molecule has 0 aromatic heterocycles. The summed E-state index contributed by atoms with van der Waals surface area (Å²) in [7, 11) is 0. The molecule has 0 aliphatic heterocycles. The molecule has 4 heteroatoms. The van der Waals surface area contributed by atoms with Gasteiger partial charge in [0.25, 0.3) is 0 Å². The predicted octanol–water partition coefficient (Wildman–Crippen LogP) is 2.04. The lowest BCUT2D eigenvalue weighted by atomic mass is 9.94. The third kappa shape index (κ3) is 3.45. The highest BCUT2D eigenvalue weighted by Gasteiger charge is 2.38. The molecule has 17 heavy (non-hydrogen) atoms. The quantitative estimate of drug-likeness (QED) is 0.774. The summed E-state index contributed by atoms with van der Waals surface area (Å²) in [5.41, 5.74) is 0. The van der Waals surface area contributed by atoms with Gasteiger partial charge in [-0.25, -0.2) is 0 Å². The topological polar surface area (TPSA) is 66.4 Å². The van der Waals surface area contributed by atoms with Gasteiger partial charge in [-0.05, 0) is 25.7 Å². The van der Waals surface area contributed by atoms with Crippen molar-refractivity contribution in [3.05, 3.63) is 0 Å². The molecule has 98 valence electrons. The lowest BCUT2D eigenvalue weighted by Gasteiger charge is -2.23. The zero-order valence-electron chi connectivity index (χ0n) is 10.9. The Kier molecular flexibility index (Phi) is 4.97. The molecule has 1 saturated carbocycles. The maximum Gasteiger partial charge on any atom is 0.307 e. The average Bonchev–Trinajstić information content (AvgIpc) is 2.76. The Morgan fingerprint density at radius 3 is 2.41 bits per heavy atom. The molecule has 1 amide bonds. The second-order valence-electron chi connectivity index (χ2n) is 5.16. The number of hydrogen-bond donors (Lipinski definition) is 2. The molecule has 0 aromatic carbocycles. The smallest absolute Gasteiger partial charge is 0.307 e. The lowest BCUT2D eigenvalue weighted by molar-refractivity contribution is -0.146. The minimum absolute atomic E-state index is 0.0808. The largest absolute Gasteiger partial charge is 0.481 e. The number of carboxylic acids is 1. The fourth-order valence-corrected chi connectivity index (χ4v) is 2.40. The number of nitrogens with one attached hydrogen (secondary N) is 1. The van der Waals surface area contributed by atoms with Crippen LogP contribution >= 0.6 is 0 Å². The van der Waals surface area contributed by atoms with E-state index in [1.807, 2.05) is 6.92 Å². The van der Waals surface area contributed by atoms with E-state index >= 15 is 0 Å². The molecule has 0 bridgehead atoms. The molecule has 0 saturated heterocycles. The van der Waals surface area contributed by atoms with Gasteiger partial charge in [0.1, 0.15) is 0 Å². The first-order valence-corrected chi connectivity index (χ1v) is 6.50. The fourth-order valence-electron chi connectivity index (χ4n) is 2.40.